The molecule has 0 spiro atoms. The summed E-state index contributed by atoms with van der Waals surface area (Å²) in [5.41, 5.74) is 1.10. The first-order valence-electron chi connectivity index (χ1n) is 11.4. The molecule has 0 radical (unpaired) electrons. The van der Waals surface area contributed by atoms with Crippen LogP contribution in [-0.2, 0) is 23.8 Å². The number of aliphatic carboxylic acids is 1. The van der Waals surface area contributed by atoms with Crippen molar-refractivity contribution in [1.29, 1.82) is 0 Å². The lowest BCUT2D eigenvalue weighted by molar-refractivity contribution is -0.151. The molecule has 3 N–H and O–H groups in total. The molecule has 188 valence electrons. The molecule has 2 atom stereocenters. The summed E-state index contributed by atoms with van der Waals surface area (Å²) in [5, 5.41) is 14.7. The lowest BCUT2D eigenvalue weighted by Gasteiger charge is -2.35. The fraction of sp³-hybridized carbons (Fsp3) is 0.423. The van der Waals surface area contributed by atoms with E-state index in [0.717, 1.165) is 22.3 Å². The Morgan fingerprint density at radius 1 is 0.914 bits per heavy atom. The summed E-state index contributed by atoms with van der Waals surface area (Å²) in [5.74, 6) is -2.12. The third-order valence-corrected chi connectivity index (χ3v) is 6.41. The van der Waals surface area contributed by atoms with E-state index in [9.17, 15) is 19.5 Å². The summed E-state index contributed by atoms with van der Waals surface area (Å²) < 4.78 is 15.8. The van der Waals surface area contributed by atoms with E-state index in [4.69, 9.17) is 14.2 Å². The van der Waals surface area contributed by atoms with Crippen molar-refractivity contribution in [2.24, 2.45) is 0 Å². The molecule has 35 heavy (non-hydrogen) atoms. The topological polar surface area (TPSA) is 123 Å². The Bertz CT molecular complexity index is 1040. The predicted molar refractivity (Wildman–Crippen MR) is 129 cm³/mol. The number of carbonyl (C=O) groups is 3. The quantitative estimate of drug-likeness (QED) is 0.448. The monoisotopic (exact) mass is 484 g/mol. The number of alkyl carbamates (subject to hydrolysis) is 1. The standard InChI is InChI=1S/C26H32N2O7/c1-5-26(16-34-4,22(29)27-25(2,15-33-3)23(30)31)28-24(32)35-14-21-19-12-8-6-10-17(19)18-11-7-9-13-20(18)21/h6-13,21H,5,14-16H2,1-4H3,(H,27,29)(H,28,32)(H,30,31). The minimum absolute atomic E-state index is 0.0742. The Kier molecular flexibility index (Phi) is 8.14. The number of amides is 2. The summed E-state index contributed by atoms with van der Waals surface area (Å²) in [6.07, 6.45) is -0.663. The summed E-state index contributed by atoms with van der Waals surface area (Å²) >= 11 is 0. The van der Waals surface area contributed by atoms with Crippen molar-refractivity contribution in [3.8, 4) is 11.1 Å². The number of benzene rings is 2. The Morgan fingerprint density at radius 3 is 1.94 bits per heavy atom. The molecule has 3 rings (SSSR count). The first-order valence-corrected chi connectivity index (χ1v) is 11.4. The van der Waals surface area contributed by atoms with Crippen LogP contribution in [0.5, 0.6) is 0 Å². The van der Waals surface area contributed by atoms with Gasteiger partial charge in [0, 0.05) is 20.1 Å². The SMILES string of the molecule is CCC(COC)(NC(=O)OCC1c2ccccc2-c2ccccc21)C(=O)NC(C)(COC)C(=O)O. The predicted octanol–water partition coefficient (Wildman–Crippen LogP) is 2.93. The minimum atomic E-state index is -1.69. The molecule has 0 fully saturated rings. The van der Waals surface area contributed by atoms with Gasteiger partial charge in [-0.3, -0.25) is 4.79 Å². The summed E-state index contributed by atoms with van der Waals surface area (Å²) in [4.78, 5) is 37.9. The first-order chi connectivity index (χ1) is 16.7. The van der Waals surface area contributed by atoms with Crippen LogP contribution in [0.25, 0.3) is 11.1 Å². The number of fused-ring (bicyclic) bond motifs is 3. The van der Waals surface area contributed by atoms with Crippen LogP contribution in [0, 0.1) is 0 Å². The summed E-state index contributed by atoms with van der Waals surface area (Å²) in [7, 11) is 2.73. The van der Waals surface area contributed by atoms with Gasteiger partial charge >= 0.3 is 12.1 Å². The number of methoxy groups -OCH3 is 2. The second kappa shape index (κ2) is 10.9. The molecule has 9 nitrogen and oxygen atoms in total. The van der Waals surface area contributed by atoms with Gasteiger partial charge < -0.3 is 30.0 Å². The van der Waals surface area contributed by atoms with E-state index in [2.05, 4.69) is 10.6 Å². The Labute approximate surface area is 204 Å². The Morgan fingerprint density at radius 2 is 1.46 bits per heavy atom. The molecule has 0 bridgehead atoms. The third kappa shape index (κ3) is 5.31. The van der Waals surface area contributed by atoms with Crippen molar-refractivity contribution in [1.82, 2.24) is 10.6 Å². The molecule has 1 aliphatic carbocycles. The van der Waals surface area contributed by atoms with Gasteiger partial charge in [-0.05, 0) is 35.6 Å². The molecule has 2 amide bonds. The van der Waals surface area contributed by atoms with E-state index in [1.54, 1.807) is 6.92 Å². The second-order valence-corrected chi connectivity index (χ2v) is 8.84. The number of carboxylic acid groups (broad SMARTS) is 1. The zero-order valence-electron chi connectivity index (χ0n) is 20.4. The lowest BCUT2D eigenvalue weighted by Crippen LogP contribution is -2.67. The highest BCUT2D eigenvalue weighted by Gasteiger charge is 2.45. The average molecular weight is 485 g/mol. The fourth-order valence-electron chi connectivity index (χ4n) is 4.40. The van der Waals surface area contributed by atoms with Gasteiger partial charge in [-0.25, -0.2) is 9.59 Å². The zero-order chi connectivity index (χ0) is 25.6. The average Bonchev–Trinajstić information content (AvgIpc) is 3.16. The molecule has 2 aromatic rings. The van der Waals surface area contributed by atoms with Crippen molar-refractivity contribution >= 4 is 18.0 Å². The van der Waals surface area contributed by atoms with E-state index >= 15 is 0 Å². The number of carbonyl (C=O) groups excluding carboxylic acids is 2. The van der Waals surface area contributed by atoms with Crippen LogP contribution in [0.4, 0.5) is 4.79 Å². The molecule has 0 saturated heterocycles. The van der Waals surface area contributed by atoms with E-state index in [0.29, 0.717) is 0 Å². The van der Waals surface area contributed by atoms with E-state index in [-0.39, 0.29) is 32.2 Å². The van der Waals surface area contributed by atoms with Crippen molar-refractivity contribution in [3.63, 3.8) is 0 Å². The first kappa shape index (κ1) is 26.2. The van der Waals surface area contributed by atoms with Gasteiger partial charge in [0.25, 0.3) is 0 Å². The molecule has 9 heteroatoms. The fourth-order valence-corrected chi connectivity index (χ4v) is 4.40. The van der Waals surface area contributed by atoms with Gasteiger partial charge in [0.1, 0.15) is 12.1 Å². The van der Waals surface area contributed by atoms with Gasteiger partial charge in [0.15, 0.2) is 5.54 Å². The maximum Gasteiger partial charge on any atom is 0.408 e. The largest absolute Gasteiger partial charge is 0.479 e. The Hall–Kier alpha value is -3.43. The number of carboxylic acids is 1. The molecule has 0 aliphatic heterocycles. The molecule has 0 saturated carbocycles. The van der Waals surface area contributed by atoms with Crippen LogP contribution < -0.4 is 10.6 Å². The molecular formula is C26H32N2O7. The molecular weight excluding hydrogens is 452 g/mol. The van der Waals surface area contributed by atoms with Gasteiger partial charge in [0.05, 0.1) is 13.2 Å². The normalized spacial score (nSPS) is 15.8. The van der Waals surface area contributed by atoms with Crippen LogP contribution in [0.3, 0.4) is 0 Å². The van der Waals surface area contributed by atoms with Gasteiger partial charge in [-0.2, -0.15) is 0 Å². The third-order valence-electron chi connectivity index (χ3n) is 6.41. The number of hydrogen-bond acceptors (Lipinski definition) is 6. The highest BCUT2D eigenvalue weighted by Crippen LogP contribution is 2.44. The van der Waals surface area contributed by atoms with E-state index in [1.165, 1.54) is 21.1 Å². The molecule has 1 aliphatic rings. The number of hydrogen-bond donors (Lipinski definition) is 3. The zero-order valence-corrected chi connectivity index (χ0v) is 20.4. The maximum atomic E-state index is 13.2. The van der Waals surface area contributed by atoms with Crippen LogP contribution in [0.15, 0.2) is 48.5 Å². The molecule has 2 unspecified atom stereocenters. The van der Waals surface area contributed by atoms with Crippen molar-refractivity contribution in [2.75, 3.05) is 34.0 Å². The number of ether oxygens (including phenoxy) is 3. The number of rotatable bonds is 11. The molecule has 0 aromatic heterocycles. The molecule has 2 aromatic carbocycles. The van der Waals surface area contributed by atoms with Crippen molar-refractivity contribution in [3.05, 3.63) is 59.7 Å². The maximum absolute atomic E-state index is 13.2. The van der Waals surface area contributed by atoms with Gasteiger partial charge in [-0.1, -0.05) is 55.5 Å². The minimum Gasteiger partial charge on any atom is -0.479 e. The van der Waals surface area contributed by atoms with Gasteiger partial charge in [0.2, 0.25) is 5.91 Å². The van der Waals surface area contributed by atoms with Crippen LogP contribution in [0.2, 0.25) is 0 Å². The van der Waals surface area contributed by atoms with Crippen LogP contribution in [-0.4, -0.2) is 68.2 Å². The highest BCUT2D eigenvalue weighted by atomic mass is 16.5. The number of nitrogens with one attached hydrogen (secondary N) is 2. The summed E-state index contributed by atoms with van der Waals surface area (Å²) in [6, 6.07) is 15.9. The van der Waals surface area contributed by atoms with E-state index in [1.807, 2.05) is 48.5 Å². The summed E-state index contributed by atoms with van der Waals surface area (Å²) in [6.45, 7) is 2.66. The highest BCUT2D eigenvalue weighted by molar-refractivity contribution is 5.94. The van der Waals surface area contributed by atoms with Crippen LogP contribution >= 0.6 is 0 Å². The smallest absolute Gasteiger partial charge is 0.408 e. The van der Waals surface area contributed by atoms with Crippen LogP contribution in [0.1, 0.15) is 37.3 Å². The van der Waals surface area contributed by atoms with E-state index < -0.39 is 29.0 Å². The second-order valence-electron chi connectivity index (χ2n) is 8.84. The van der Waals surface area contributed by atoms with Gasteiger partial charge in [-0.15, -0.1) is 0 Å². The molecule has 0 heterocycles. The van der Waals surface area contributed by atoms with Crippen molar-refractivity contribution in [2.45, 2.75) is 37.3 Å². The Balaban J connectivity index is 1.76. The lowest BCUT2D eigenvalue weighted by atomic mass is 9.93. The van der Waals surface area contributed by atoms with Crippen molar-refractivity contribution < 1.29 is 33.7 Å².